The maximum atomic E-state index is 12.4. The van der Waals surface area contributed by atoms with Crippen molar-refractivity contribution in [2.45, 2.75) is 16.6 Å². The zero-order chi connectivity index (χ0) is 17.9. The first-order valence-electron chi connectivity index (χ1n) is 8.14. The number of hydrogen-bond acceptors (Lipinski definition) is 4. The first kappa shape index (κ1) is 16.4. The molecule has 2 heterocycles. The number of nitrogens with zero attached hydrogens (tertiary/aromatic N) is 2. The van der Waals surface area contributed by atoms with E-state index in [1.54, 1.807) is 12.5 Å². The molecular formula is C19H16N4O2S. The van der Waals surface area contributed by atoms with Crippen molar-refractivity contribution in [3.8, 4) is 5.69 Å². The highest BCUT2D eigenvalue weighted by Crippen LogP contribution is 2.36. The Morgan fingerprint density at radius 2 is 2.12 bits per heavy atom. The maximum Gasteiger partial charge on any atom is 0.238 e. The van der Waals surface area contributed by atoms with Gasteiger partial charge in [0.05, 0.1) is 17.3 Å². The summed E-state index contributed by atoms with van der Waals surface area (Å²) in [6.45, 7) is 0. The van der Waals surface area contributed by atoms with Crippen molar-refractivity contribution in [3.05, 3.63) is 67.3 Å². The third-order valence-corrected chi connectivity index (χ3v) is 5.29. The van der Waals surface area contributed by atoms with Gasteiger partial charge in [0.2, 0.25) is 11.8 Å². The summed E-state index contributed by atoms with van der Waals surface area (Å²) in [6.07, 6.45) is 5.34. The van der Waals surface area contributed by atoms with E-state index < -0.39 is 5.25 Å². The second-order valence-electron chi connectivity index (χ2n) is 5.86. The van der Waals surface area contributed by atoms with Crippen LogP contribution >= 0.6 is 11.8 Å². The van der Waals surface area contributed by atoms with Crippen molar-refractivity contribution < 1.29 is 9.59 Å². The van der Waals surface area contributed by atoms with Crippen LogP contribution < -0.4 is 10.6 Å². The zero-order valence-corrected chi connectivity index (χ0v) is 14.6. The maximum absolute atomic E-state index is 12.4. The van der Waals surface area contributed by atoms with E-state index in [1.165, 1.54) is 11.8 Å². The van der Waals surface area contributed by atoms with E-state index in [-0.39, 0.29) is 18.2 Å². The van der Waals surface area contributed by atoms with E-state index in [1.807, 2.05) is 59.3 Å². The fourth-order valence-electron chi connectivity index (χ4n) is 2.76. The highest BCUT2D eigenvalue weighted by molar-refractivity contribution is 8.01. The number of para-hydroxylation sites is 1. The van der Waals surface area contributed by atoms with Crippen LogP contribution in [-0.4, -0.2) is 26.6 Å². The van der Waals surface area contributed by atoms with E-state index in [0.29, 0.717) is 5.69 Å². The van der Waals surface area contributed by atoms with Crippen molar-refractivity contribution in [2.75, 3.05) is 10.6 Å². The van der Waals surface area contributed by atoms with Gasteiger partial charge in [-0.2, -0.15) is 0 Å². The predicted molar refractivity (Wildman–Crippen MR) is 102 cm³/mol. The van der Waals surface area contributed by atoms with Gasteiger partial charge < -0.3 is 15.2 Å². The molecule has 1 aromatic heterocycles. The van der Waals surface area contributed by atoms with Crippen molar-refractivity contribution in [1.82, 2.24) is 9.55 Å². The van der Waals surface area contributed by atoms with Gasteiger partial charge in [-0.05, 0) is 30.3 Å². The quantitative estimate of drug-likeness (QED) is 0.745. The van der Waals surface area contributed by atoms with Crippen LogP contribution in [0.5, 0.6) is 0 Å². The lowest BCUT2D eigenvalue weighted by Crippen LogP contribution is -2.32. The number of carbonyl (C=O) groups is 2. The lowest BCUT2D eigenvalue weighted by Gasteiger charge is -2.23. The van der Waals surface area contributed by atoms with Crippen LogP contribution in [0.3, 0.4) is 0 Å². The van der Waals surface area contributed by atoms with Crippen molar-refractivity contribution in [3.63, 3.8) is 0 Å². The van der Waals surface area contributed by atoms with Crippen molar-refractivity contribution in [1.29, 1.82) is 0 Å². The SMILES string of the molecule is O=C(C[C@@H]1Sc2ccccc2NC1=O)Nc1cccc(-n2ccnc2)c1. The summed E-state index contributed by atoms with van der Waals surface area (Å²) >= 11 is 1.42. The highest BCUT2D eigenvalue weighted by Gasteiger charge is 2.28. The Balaban J connectivity index is 1.43. The molecule has 2 amide bonds. The standard InChI is InChI=1S/C19H16N4O2S/c24-18(11-17-19(25)22-15-6-1-2-7-16(15)26-17)21-13-4-3-5-14(10-13)23-9-8-20-12-23/h1-10,12,17H,11H2,(H,21,24)(H,22,25)/t17-/m0/s1. The Hall–Kier alpha value is -3.06. The number of hydrogen-bond donors (Lipinski definition) is 2. The normalized spacial score (nSPS) is 15.8. The number of imidazole rings is 1. The zero-order valence-electron chi connectivity index (χ0n) is 13.8. The Morgan fingerprint density at radius 1 is 1.23 bits per heavy atom. The smallest absolute Gasteiger partial charge is 0.238 e. The predicted octanol–water partition coefficient (Wildman–Crippen LogP) is 3.31. The van der Waals surface area contributed by atoms with Gasteiger partial charge in [0.15, 0.2) is 0 Å². The van der Waals surface area contributed by atoms with E-state index in [0.717, 1.165) is 16.3 Å². The monoisotopic (exact) mass is 364 g/mol. The number of benzene rings is 2. The molecule has 1 aliphatic rings. The third kappa shape index (κ3) is 3.48. The van der Waals surface area contributed by atoms with Gasteiger partial charge in [-0.1, -0.05) is 18.2 Å². The molecule has 0 spiro atoms. The second kappa shape index (κ2) is 7.05. The molecule has 0 aliphatic carbocycles. The highest BCUT2D eigenvalue weighted by atomic mass is 32.2. The molecule has 4 rings (SSSR count). The van der Waals surface area contributed by atoms with E-state index >= 15 is 0 Å². The second-order valence-corrected chi connectivity index (χ2v) is 7.11. The van der Waals surface area contributed by atoms with Gasteiger partial charge in [-0.15, -0.1) is 11.8 Å². The van der Waals surface area contributed by atoms with Gasteiger partial charge in [0.25, 0.3) is 0 Å². The summed E-state index contributed by atoms with van der Waals surface area (Å²) in [7, 11) is 0. The molecule has 0 bridgehead atoms. The molecule has 1 atom stereocenters. The van der Waals surface area contributed by atoms with E-state index in [2.05, 4.69) is 15.6 Å². The number of rotatable bonds is 4. The molecule has 3 aromatic rings. The third-order valence-electron chi connectivity index (χ3n) is 4.01. The first-order chi connectivity index (χ1) is 12.7. The van der Waals surface area contributed by atoms with Crippen molar-refractivity contribution >= 4 is 35.0 Å². The largest absolute Gasteiger partial charge is 0.326 e. The topological polar surface area (TPSA) is 76.0 Å². The number of nitrogens with one attached hydrogen (secondary N) is 2. The number of anilines is 2. The number of carbonyl (C=O) groups excluding carboxylic acids is 2. The van der Waals surface area contributed by atoms with Gasteiger partial charge in [0, 0.05) is 35.1 Å². The van der Waals surface area contributed by atoms with Gasteiger partial charge in [-0.25, -0.2) is 4.98 Å². The molecule has 0 unspecified atom stereocenters. The molecule has 1 aliphatic heterocycles. The lowest BCUT2D eigenvalue weighted by atomic mass is 10.2. The molecule has 7 heteroatoms. The van der Waals surface area contributed by atoms with Gasteiger partial charge in [-0.3, -0.25) is 9.59 Å². The van der Waals surface area contributed by atoms with Crippen LogP contribution in [0.4, 0.5) is 11.4 Å². The summed E-state index contributed by atoms with van der Waals surface area (Å²) in [5, 5.41) is 5.28. The van der Waals surface area contributed by atoms with Gasteiger partial charge in [0.1, 0.15) is 0 Å². The number of aromatic nitrogens is 2. The molecule has 2 N–H and O–H groups in total. The lowest BCUT2D eigenvalue weighted by molar-refractivity contribution is -0.120. The molecule has 0 fully saturated rings. The molecule has 130 valence electrons. The average Bonchev–Trinajstić information content (AvgIpc) is 3.17. The molecule has 0 saturated heterocycles. The fraction of sp³-hybridized carbons (Fsp3) is 0.105. The van der Waals surface area contributed by atoms with E-state index in [9.17, 15) is 9.59 Å². The minimum atomic E-state index is -0.443. The molecule has 0 saturated carbocycles. The minimum Gasteiger partial charge on any atom is -0.326 e. The molecule has 26 heavy (non-hydrogen) atoms. The summed E-state index contributed by atoms with van der Waals surface area (Å²) in [4.78, 5) is 29.6. The van der Waals surface area contributed by atoms with Crippen LogP contribution in [-0.2, 0) is 9.59 Å². The molecule has 6 nitrogen and oxygen atoms in total. The Kier molecular flexibility index (Phi) is 4.45. The molecule has 0 radical (unpaired) electrons. The molecular weight excluding hydrogens is 348 g/mol. The number of fused-ring (bicyclic) bond motifs is 1. The Morgan fingerprint density at radius 3 is 2.96 bits per heavy atom. The summed E-state index contributed by atoms with van der Waals surface area (Å²) in [5.74, 6) is -0.337. The van der Waals surface area contributed by atoms with Gasteiger partial charge >= 0.3 is 0 Å². The van der Waals surface area contributed by atoms with Crippen molar-refractivity contribution in [2.24, 2.45) is 0 Å². The summed E-state index contributed by atoms with van der Waals surface area (Å²) in [6, 6.07) is 15.1. The van der Waals surface area contributed by atoms with Crippen LogP contribution in [0.1, 0.15) is 6.42 Å². The number of amides is 2. The summed E-state index contributed by atoms with van der Waals surface area (Å²) < 4.78 is 1.86. The summed E-state index contributed by atoms with van der Waals surface area (Å²) in [5.41, 5.74) is 2.38. The van der Waals surface area contributed by atoms with Crippen LogP contribution in [0.25, 0.3) is 5.69 Å². The Labute approximate surface area is 154 Å². The number of thioether (sulfide) groups is 1. The van der Waals surface area contributed by atoms with Crippen LogP contribution in [0, 0.1) is 0 Å². The van der Waals surface area contributed by atoms with Crippen LogP contribution in [0.15, 0.2) is 72.1 Å². The van der Waals surface area contributed by atoms with Crippen LogP contribution in [0.2, 0.25) is 0 Å². The Bertz CT molecular complexity index is 956. The minimum absolute atomic E-state index is 0.111. The van der Waals surface area contributed by atoms with E-state index in [4.69, 9.17) is 0 Å². The fourth-order valence-corrected chi connectivity index (χ4v) is 3.87. The first-order valence-corrected chi connectivity index (χ1v) is 9.02. The average molecular weight is 364 g/mol. The molecule has 2 aromatic carbocycles.